The first-order valence-electron chi connectivity index (χ1n) is 5.37. The Kier molecular flexibility index (Phi) is 5.30. The SMILES string of the molecule is CCS(=O)(=O)NCC(=O)Nc1ccc(C)cc1Br. The van der Waals surface area contributed by atoms with E-state index in [9.17, 15) is 13.2 Å². The van der Waals surface area contributed by atoms with Crippen molar-refractivity contribution in [2.45, 2.75) is 13.8 Å². The van der Waals surface area contributed by atoms with E-state index in [-0.39, 0.29) is 12.3 Å². The van der Waals surface area contributed by atoms with Crippen molar-refractivity contribution in [1.29, 1.82) is 0 Å². The van der Waals surface area contributed by atoms with E-state index in [0.29, 0.717) is 5.69 Å². The van der Waals surface area contributed by atoms with Crippen LogP contribution in [0.25, 0.3) is 0 Å². The van der Waals surface area contributed by atoms with Gasteiger partial charge in [0.1, 0.15) is 0 Å². The maximum atomic E-state index is 11.6. The number of sulfonamides is 1. The van der Waals surface area contributed by atoms with Crippen LogP contribution in [0, 0.1) is 6.92 Å². The van der Waals surface area contributed by atoms with Crippen LogP contribution in [0.1, 0.15) is 12.5 Å². The summed E-state index contributed by atoms with van der Waals surface area (Å²) in [5, 5.41) is 2.62. The molecule has 1 aromatic carbocycles. The Hall–Kier alpha value is -0.920. The van der Waals surface area contributed by atoms with Gasteiger partial charge in [0.15, 0.2) is 0 Å². The number of carbonyl (C=O) groups excluding carboxylic acids is 1. The molecule has 0 unspecified atom stereocenters. The Morgan fingerprint density at radius 3 is 2.61 bits per heavy atom. The largest absolute Gasteiger partial charge is 0.324 e. The van der Waals surface area contributed by atoms with E-state index in [0.717, 1.165) is 10.0 Å². The van der Waals surface area contributed by atoms with E-state index in [1.807, 2.05) is 19.1 Å². The molecule has 0 heterocycles. The van der Waals surface area contributed by atoms with Crippen LogP contribution >= 0.6 is 15.9 Å². The van der Waals surface area contributed by atoms with Crippen LogP contribution in [0.3, 0.4) is 0 Å². The molecule has 0 atom stereocenters. The number of hydrogen-bond acceptors (Lipinski definition) is 3. The fraction of sp³-hybridized carbons (Fsp3) is 0.364. The first-order valence-corrected chi connectivity index (χ1v) is 7.82. The third kappa shape index (κ3) is 4.75. The Bertz CT molecular complexity index is 543. The van der Waals surface area contributed by atoms with Crippen molar-refractivity contribution in [2.75, 3.05) is 17.6 Å². The van der Waals surface area contributed by atoms with E-state index < -0.39 is 15.9 Å². The summed E-state index contributed by atoms with van der Waals surface area (Å²) in [5.74, 6) is -0.453. The van der Waals surface area contributed by atoms with Gasteiger partial charge in [0.05, 0.1) is 18.0 Å². The molecule has 1 amide bonds. The molecule has 5 nitrogen and oxygen atoms in total. The lowest BCUT2D eigenvalue weighted by Crippen LogP contribution is -2.33. The number of anilines is 1. The minimum atomic E-state index is -3.35. The van der Waals surface area contributed by atoms with Crippen molar-refractivity contribution in [1.82, 2.24) is 4.72 Å². The van der Waals surface area contributed by atoms with Crippen LogP contribution in [-0.2, 0) is 14.8 Å². The zero-order valence-corrected chi connectivity index (χ0v) is 12.6. The molecule has 7 heteroatoms. The summed E-state index contributed by atoms with van der Waals surface area (Å²) in [6.45, 7) is 3.18. The fourth-order valence-corrected chi connectivity index (χ4v) is 2.34. The Morgan fingerprint density at radius 2 is 2.06 bits per heavy atom. The molecule has 0 aromatic heterocycles. The van der Waals surface area contributed by atoms with Gasteiger partial charge in [0.25, 0.3) is 0 Å². The third-order valence-electron chi connectivity index (χ3n) is 2.23. The average Bonchev–Trinajstić information content (AvgIpc) is 2.30. The third-order valence-corrected chi connectivity index (χ3v) is 4.23. The predicted octanol–water partition coefficient (Wildman–Crippen LogP) is 1.64. The second-order valence-electron chi connectivity index (χ2n) is 3.76. The van der Waals surface area contributed by atoms with E-state index in [1.54, 1.807) is 6.07 Å². The molecule has 100 valence electrons. The zero-order valence-electron chi connectivity index (χ0n) is 10.2. The summed E-state index contributed by atoms with van der Waals surface area (Å²) >= 11 is 3.33. The number of halogens is 1. The zero-order chi connectivity index (χ0) is 13.8. The summed E-state index contributed by atoms with van der Waals surface area (Å²) in [7, 11) is -3.35. The van der Waals surface area contributed by atoms with Gasteiger partial charge in [-0.15, -0.1) is 0 Å². The highest BCUT2D eigenvalue weighted by Crippen LogP contribution is 2.23. The topological polar surface area (TPSA) is 75.3 Å². The summed E-state index contributed by atoms with van der Waals surface area (Å²) in [6.07, 6.45) is 0. The molecule has 0 saturated carbocycles. The van der Waals surface area contributed by atoms with Gasteiger partial charge in [0.2, 0.25) is 15.9 Å². The van der Waals surface area contributed by atoms with Crippen LogP contribution in [-0.4, -0.2) is 26.6 Å². The molecule has 18 heavy (non-hydrogen) atoms. The molecule has 1 rings (SSSR count). The molecule has 0 aliphatic heterocycles. The second kappa shape index (κ2) is 6.31. The Morgan fingerprint density at radius 1 is 1.39 bits per heavy atom. The summed E-state index contributed by atoms with van der Waals surface area (Å²) in [6, 6.07) is 5.48. The minimum Gasteiger partial charge on any atom is -0.324 e. The van der Waals surface area contributed by atoms with Crippen LogP contribution < -0.4 is 10.0 Å². The van der Waals surface area contributed by atoms with Crippen molar-refractivity contribution in [3.05, 3.63) is 28.2 Å². The Balaban J connectivity index is 2.60. The molecule has 1 aromatic rings. The molecule has 0 radical (unpaired) electrons. The van der Waals surface area contributed by atoms with Crippen molar-refractivity contribution in [3.63, 3.8) is 0 Å². The Labute approximate surface area is 115 Å². The lowest BCUT2D eigenvalue weighted by atomic mass is 10.2. The standard InChI is InChI=1S/C11H15BrN2O3S/c1-3-18(16,17)13-7-11(15)14-10-5-4-8(2)6-9(10)12/h4-6,13H,3,7H2,1-2H3,(H,14,15). The summed E-state index contributed by atoms with van der Waals surface area (Å²) < 4.78 is 25.3. The first kappa shape index (κ1) is 15.1. The van der Waals surface area contributed by atoms with Crippen LogP contribution in [0.2, 0.25) is 0 Å². The summed E-state index contributed by atoms with van der Waals surface area (Å²) in [4.78, 5) is 11.6. The molecule has 0 saturated heterocycles. The number of amides is 1. The van der Waals surface area contributed by atoms with Crippen molar-refractivity contribution < 1.29 is 13.2 Å². The second-order valence-corrected chi connectivity index (χ2v) is 6.71. The van der Waals surface area contributed by atoms with Gasteiger partial charge < -0.3 is 5.32 Å². The van der Waals surface area contributed by atoms with Crippen LogP contribution in [0.5, 0.6) is 0 Å². The quantitative estimate of drug-likeness (QED) is 0.859. The molecule has 2 N–H and O–H groups in total. The number of nitrogens with one attached hydrogen (secondary N) is 2. The van der Waals surface area contributed by atoms with E-state index in [1.165, 1.54) is 6.92 Å². The van der Waals surface area contributed by atoms with Gasteiger partial charge in [-0.3, -0.25) is 4.79 Å². The number of hydrogen-bond donors (Lipinski definition) is 2. The predicted molar refractivity (Wildman–Crippen MR) is 75.0 cm³/mol. The fourth-order valence-electron chi connectivity index (χ4n) is 1.19. The first-order chi connectivity index (χ1) is 8.34. The average molecular weight is 335 g/mol. The van der Waals surface area contributed by atoms with E-state index >= 15 is 0 Å². The number of benzene rings is 1. The molecule has 0 bridgehead atoms. The molecule has 0 fully saturated rings. The van der Waals surface area contributed by atoms with E-state index in [4.69, 9.17) is 0 Å². The monoisotopic (exact) mass is 334 g/mol. The molecular formula is C11H15BrN2O3S. The van der Waals surface area contributed by atoms with Crippen molar-refractivity contribution >= 4 is 37.5 Å². The number of aryl methyl sites for hydroxylation is 1. The number of carbonyl (C=O) groups is 1. The minimum absolute atomic E-state index is 0.0471. The maximum absolute atomic E-state index is 11.6. The van der Waals surface area contributed by atoms with Gasteiger partial charge in [-0.25, -0.2) is 13.1 Å². The van der Waals surface area contributed by atoms with Gasteiger partial charge in [-0.2, -0.15) is 0 Å². The molecular weight excluding hydrogens is 320 g/mol. The van der Waals surface area contributed by atoms with E-state index in [2.05, 4.69) is 26.0 Å². The van der Waals surface area contributed by atoms with Crippen molar-refractivity contribution in [2.24, 2.45) is 0 Å². The smallest absolute Gasteiger partial charge is 0.239 e. The van der Waals surface area contributed by atoms with Gasteiger partial charge >= 0.3 is 0 Å². The number of rotatable bonds is 5. The van der Waals surface area contributed by atoms with Gasteiger partial charge in [0, 0.05) is 4.47 Å². The molecule has 0 spiro atoms. The molecule has 0 aliphatic carbocycles. The van der Waals surface area contributed by atoms with Crippen LogP contribution in [0.15, 0.2) is 22.7 Å². The highest BCUT2D eigenvalue weighted by Gasteiger charge is 2.10. The van der Waals surface area contributed by atoms with Crippen molar-refractivity contribution in [3.8, 4) is 0 Å². The highest BCUT2D eigenvalue weighted by molar-refractivity contribution is 9.10. The maximum Gasteiger partial charge on any atom is 0.239 e. The van der Waals surface area contributed by atoms with Gasteiger partial charge in [-0.1, -0.05) is 6.07 Å². The normalized spacial score (nSPS) is 11.3. The lowest BCUT2D eigenvalue weighted by molar-refractivity contribution is -0.115. The van der Waals surface area contributed by atoms with Gasteiger partial charge in [-0.05, 0) is 47.5 Å². The summed E-state index contributed by atoms with van der Waals surface area (Å²) in [5.41, 5.74) is 1.67. The molecule has 0 aliphatic rings. The highest BCUT2D eigenvalue weighted by atomic mass is 79.9. The lowest BCUT2D eigenvalue weighted by Gasteiger charge is -2.08. The van der Waals surface area contributed by atoms with Crippen LogP contribution in [0.4, 0.5) is 5.69 Å².